The summed E-state index contributed by atoms with van der Waals surface area (Å²) in [6.07, 6.45) is 3.40. The molecule has 0 aromatic heterocycles. The van der Waals surface area contributed by atoms with Gasteiger partial charge in [-0.1, -0.05) is 0 Å². The van der Waals surface area contributed by atoms with E-state index in [0.717, 1.165) is 19.3 Å². The maximum absolute atomic E-state index is 10.8. The Kier molecular flexibility index (Phi) is 1.20. The van der Waals surface area contributed by atoms with Crippen LogP contribution in [0.25, 0.3) is 0 Å². The highest BCUT2D eigenvalue weighted by molar-refractivity contribution is 5.78. The van der Waals surface area contributed by atoms with Gasteiger partial charge >= 0.3 is 5.97 Å². The van der Waals surface area contributed by atoms with Crippen LogP contribution in [0.3, 0.4) is 0 Å². The molecule has 0 spiro atoms. The predicted molar refractivity (Wildman–Crippen MR) is 35.2 cm³/mol. The molecule has 0 aromatic rings. The van der Waals surface area contributed by atoms with E-state index in [2.05, 4.69) is 0 Å². The van der Waals surface area contributed by atoms with Crippen LogP contribution in [0.15, 0.2) is 0 Å². The molecular formula is C7H11NO2. The molecule has 0 amide bonds. The standard InChI is InChI=1S/C7H11NO2/c8-6-4-2-1-3-5(4)10-7(6)9/h4-6H,1-3,8H2/t4-,5+,6-/m0/s1. The summed E-state index contributed by atoms with van der Waals surface area (Å²) in [5.74, 6) is 0.127. The number of carbonyl (C=O) groups is 1. The molecule has 1 aliphatic heterocycles. The zero-order chi connectivity index (χ0) is 7.14. The minimum Gasteiger partial charge on any atom is -0.461 e. The lowest BCUT2D eigenvalue weighted by Crippen LogP contribution is -2.31. The smallest absolute Gasteiger partial charge is 0.323 e. The number of fused-ring (bicyclic) bond motifs is 1. The van der Waals surface area contributed by atoms with Crippen molar-refractivity contribution in [3.05, 3.63) is 0 Å². The van der Waals surface area contributed by atoms with Crippen molar-refractivity contribution in [2.75, 3.05) is 0 Å². The molecule has 1 saturated carbocycles. The van der Waals surface area contributed by atoms with E-state index in [9.17, 15) is 4.79 Å². The summed E-state index contributed by atoms with van der Waals surface area (Å²) in [5, 5.41) is 0. The molecule has 0 unspecified atom stereocenters. The predicted octanol–water partition coefficient (Wildman–Crippen LogP) is 0.0392. The Morgan fingerprint density at radius 3 is 3.00 bits per heavy atom. The lowest BCUT2D eigenvalue weighted by atomic mass is 10.0. The highest BCUT2D eigenvalue weighted by Crippen LogP contribution is 2.35. The van der Waals surface area contributed by atoms with Crippen LogP contribution in [0.4, 0.5) is 0 Å². The van der Waals surface area contributed by atoms with Gasteiger partial charge in [-0.25, -0.2) is 0 Å². The summed E-state index contributed by atoms with van der Waals surface area (Å²) in [5.41, 5.74) is 5.59. The normalized spacial score (nSPS) is 45.3. The van der Waals surface area contributed by atoms with Gasteiger partial charge in [0.15, 0.2) is 0 Å². The number of ether oxygens (including phenoxy) is 1. The Hall–Kier alpha value is -0.570. The summed E-state index contributed by atoms with van der Waals surface area (Å²) in [7, 11) is 0. The van der Waals surface area contributed by atoms with Crippen LogP contribution in [0.5, 0.6) is 0 Å². The Balaban J connectivity index is 2.16. The second-order valence-corrected chi connectivity index (χ2v) is 3.10. The molecule has 1 heterocycles. The molecule has 3 atom stereocenters. The van der Waals surface area contributed by atoms with E-state index < -0.39 is 0 Å². The lowest BCUT2D eigenvalue weighted by Gasteiger charge is -2.06. The molecule has 2 fully saturated rings. The Bertz CT molecular complexity index is 169. The minimum absolute atomic E-state index is 0.155. The highest BCUT2D eigenvalue weighted by Gasteiger charge is 2.44. The lowest BCUT2D eigenvalue weighted by molar-refractivity contribution is -0.142. The van der Waals surface area contributed by atoms with Crippen molar-refractivity contribution in [3.63, 3.8) is 0 Å². The minimum atomic E-state index is -0.326. The van der Waals surface area contributed by atoms with Crippen LogP contribution in [0.2, 0.25) is 0 Å². The van der Waals surface area contributed by atoms with Crippen molar-refractivity contribution in [2.24, 2.45) is 11.7 Å². The van der Waals surface area contributed by atoms with E-state index in [4.69, 9.17) is 10.5 Å². The van der Waals surface area contributed by atoms with E-state index in [1.807, 2.05) is 0 Å². The molecule has 1 aliphatic carbocycles. The van der Waals surface area contributed by atoms with Gasteiger partial charge in [-0.2, -0.15) is 0 Å². The SMILES string of the molecule is N[C@@H]1C(=O)O[C@@H]2CCC[C@H]12. The molecule has 2 N–H and O–H groups in total. The maximum Gasteiger partial charge on any atom is 0.323 e. The van der Waals surface area contributed by atoms with E-state index in [0.29, 0.717) is 5.92 Å². The summed E-state index contributed by atoms with van der Waals surface area (Å²) >= 11 is 0. The third-order valence-corrected chi connectivity index (χ3v) is 2.50. The maximum atomic E-state index is 10.8. The Morgan fingerprint density at radius 2 is 2.30 bits per heavy atom. The van der Waals surface area contributed by atoms with Crippen LogP contribution in [0.1, 0.15) is 19.3 Å². The van der Waals surface area contributed by atoms with Gasteiger partial charge in [0.05, 0.1) is 0 Å². The third kappa shape index (κ3) is 0.669. The van der Waals surface area contributed by atoms with Crippen LogP contribution in [-0.4, -0.2) is 18.1 Å². The molecule has 0 aromatic carbocycles. The van der Waals surface area contributed by atoms with Gasteiger partial charge in [0.2, 0.25) is 0 Å². The quantitative estimate of drug-likeness (QED) is 0.484. The average molecular weight is 141 g/mol. The van der Waals surface area contributed by atoms with Crippen molar-refractivity contribution >= 4 is 5.97 Å². The number of rotatable bonds is 0. The van der Waals surface area contributed by atoms with Gasteiger partial charge in [-0.05, 0) is 19.3 Å². The fourth-order valence-electron chi connectivity index (χ4n) is 1.91. The Labute approximate surface area is 59.5 Å². The van der Waals surface area contributed by atoms with Crippen molar-refractivity contribution in [2.45, 2.75) is 31.4 Å². The van der Waals surface area contributed by atoms with Gasteiger partial charge < -0.3 is 10.5 Å². The number of hydrogen-bond acceptors (Lipinski definition) is 3. The zero-order valence-corrected chi connectivity index (χ0v) is 5.75. The van der Waals surface area contributed by atoms with Crippen molar-refractivity contribution in [1.29, 1.82) is 0 Å². The van der Waals surface area contributed by atoms with Crippen LogP contribution < -0.4 is 5.73 Å². The first kappa shape index (κ1) is 6.16. The second-order valence-electron chi connectivity index (χ2n) is 3.10. The summed E-state index contributed by atoms with van der Waals surface area (Å²) in [6.45, 7) is 0. The molecule has 2 aliphatic rings. The molecular weight excluding hydrogens is 130 g/mol. The molecule has 3 heteroatoms. The monoisotopic (exact) mass is 141 g/mol. The largest absolute Gasteiger partial charge is 0.461 e. The fourth-order valence-corrected chi connectivity index (χ4v) is 1.91. The summed E-state index contributed by atoms with van der Waals surface area (Å²) in [6, 6.07) is -0.326. The number of nitrogens with two attached hydrogens (primary N) is 1. The molecule has 0 bridgehead atoms. The molecule has 3 nitrogen and oxygen atoms in total. The van der Waals surface area contributed by atoms with E-state index >= 15 is 0 Å². The van der Waals surface area contributed by atoms with Crippen molar-refractivity contribution in [1.82, 2.24) is 0 Å². The third-order valence-electron chi connectivity index (χ3n) is 2.50. The van der Waals surface area contributed by atoms with E-state index in [1.54, 1.807) is 0 Å². The van der Waals surface area contributed by atoms with Gasteiger partial charge in [0, 0.05) is 5.92 Å². The van der Waals surface area contributed by atoms with Crippen LogP contribution >= 0.6 is 0 Å². The molecule has 10 heavy (non-hydrogen) atoms. The molecule has 0 radical (unpaired) electrons. The van der Waals surface area contributed by atoms with E-state index in [1.165, 1.54) is 0 Å². The van der Waals surface area contributed by atoms with Crippen LogP contribution in [-0.2, 0) is 9.53 Å². The van der Waals surface area contributed by atoms with Crippen molar-refractivity contribution < 1.29 is 9.53 Å². The second kappa shape index (κ2) is 1.95. The number of esters is 1. The number of hydrogen-bond donors (Lipinski definition) is 1. The van der Waals surface area contributed by atoms with Gasteiger partial charge in [-0.3, -0.25) is 4.79 Å². The highest BCUT2D eigenvalue weighted by atomic mass is 16.6. The Morgan fingerprint density at radius 1 is 1.50 bits per heavy atom. The molecule has 1 saturated heterocycles. The van der Waals surface area contributed by atoms with Gasteiger partial charge in [0.1, 0.15) is 12.1 Å². The first-order valence-electron chi connectivity index (χ1n) is 3.75. The van der Waals surface area contributed by atoms with Crippen molar-refractivity contribution in [3.8, 4) is 0 Å². The van der Waals surface area contributed by atoms with E-state index in [-0.39, 0.29) is 18.1 Å². The summed E-state index contributed by atoms with van der Waals surface area (Å²) in [4.78, 5) is 10.8. The molecule has 56 valence electrons. The fraction of sp³-hybridized carbons (Fsp3) is 0.857. The average Bonchev–Trinajstić information content (AvgIpc) is 2.41. The zero-order valence-electron chi connectivity index (χ0n) is 5.75. The molecule has 2 rings (SSSR count). The first-order valence-corrected chi connectivity index (χ1v) is 3.75. The van der Waals surface area contributed by atoms with Gasteiger partial charge in [0.25, 0.3) is 0 Å². The topological polar surface area (TPSA) is 52.3 Å². The van der Waals surface area contributed by atoms with Gasteiger partial charge in [-0.15, -0.1) is 0 Å². The number of carbonyl (C=O) groups excluding carboxylic acids is 1. The summed E-state index contributed by atoms with van der Waals surface area (Å²) < 4.78 is 5.03. The first-order chi connectivity index (χ1) is 4.79. The van der Waals surface area contributed by atoms with Crippen LogP contribution in [0, 0.1) is 5.92 Å².